The van der Waals surface area contributed by atoms with Gasteiger partial charge in [-0.1, -0.05) is 352 Å². The predicted molar refractivity (Wildman–Crippen MR) is 389 cm³/mol. The summed E-state index contributed by atoms with van der Waals surface area (Å²) < 4.78 is 10.7. The SMILES string of the molecule is CC/C=C\C/C=C\C/C=C\C/C=C\C/C=C\C/C=C\C/C=C\C/C=C\C/C=C\C/C=C\CCCCCCC(=O)OC(CO)COC(=O)CCCCCCCCCCCCCCCCCCCCCCCCCC/C=C\C/C=C\C/C=C\CCCCCCC. The average molecular weight is 1220 g/mol. The molecule has 500 valence electrons. The molecule has 0 fully saturated rings. The highest BCUT2D eigenvalue weighted by Gasteiger charge is 2.16. The first-order valence-corrected chi connectivity index (χ1v) is 37.0. The zero-order valence-electron chi connectivity index (χ0n) is 57.4. The van der Waals surface area contributed by atoms with Crippen LogP contribution in [0.5, 0.6) is 0 Å². The maximum absolute atomic E-state index is 12.4. The number of allylic oxidation sites excluding steroid dienone is 26. The number of hydrogen-bond donors (Lipinski definition) is 1. The minimum atomic E-state index is -0.797. The van der Waals surface area contributed by atoms with E-state index < -0.39 is 6.10 Å². The van der Waals surface area contributed by atoms with E-state index in [1.165, 1.54) is 180 Å². The van der Waals surface area contributed by atoms with Crippen LogP contribution in [0.15, 0.2) is 158 Å². The standard InChI is InChI=1S/C83H138O5/c1-3-5-7-9-11-13-15-17-19-21-23-25-27-29-31-33-35-37-39-40-41-42-44-45-47-49-51-53-55-57-59-61-63-65-67-69-71-73-75-77-82(85)87-80-81(79-84)88-83(86)78-76-74-72-70-68-66-64-62-60-58-56-54-52-50-48-46-43-38-36-34-32-30-28-26-24-22-20-18-16-14-12-10-8-6-4-2/h6,8,12,14-15,17-18,20-21,23-24,26-27,29-30,32,36,38,46,48,52,54,58,60,64,66,81,84H,3-5,7,9-11,13,16,19,22,25,28,31,33-35,37,39-45,47,49-51,53,55-57,59,61-63,65,67-80H2,1-2H3/b8-6-,14-12-,17-15-,20-18-,23-21-,26-24-,29-27-,32-30-,38-36-,48-46-,54-52-,60-58-,66-64-. The summed E-state index contributed by atoms with van der Waals surface area (Å²) in [6.45, 7) is 4.01. The van der Waals surface area contributed by atoms with Gasteiger partial charge in [-0.2, -0.15) is 0 Å². The lowest BCUT2D eigenvalue weighted by atomic mass is 10.0. The molecule has 1 atom stereocenters. The Hall–Kier alpha value is -4.48. The van der Waals surface area contributed by atoms with Crippen molar-refractivity contribution in [1.82, 2.24) is 0 Å². The van der Waals surface area contributed by atoms with Crippen molar-refractivity contribution < 1.29 is 24.2 Å². The lowest BCUT2D eigenvalue weighted by Crippen LogP contribution is -2.28. The molecular weight excluding hydrogens is 1080 g/mol. The monoisotopic (exact) mass is 1220 g/mol. The van der Waals surface area contributed by atoms with Gasteiger partial charge >= 0.3 is 11.9 Å². The topological polar surface area (TPSA) is 72.8 Å². The van der Waals surface area contributed by atoms with Gasteiger partial charge in [0.2, 0.25) is 0 Å². The molecule has 0 amide bonds. The number of aliphatic hydroxyl groups excluding tert-OH is 1. The second-order valence-electron chi connectivity index (χ2n) is 24.3. The summed E-state index contributed by atoms with van der Waals surface area (Å²) in [5, 5.41) is 9.71. The van der Waals surface area contributed by atoms with Crippen molar-refractivity contribution in [3.8, 4) is 0 Å². The summed E-state index contributed by atoms with van der Waals surface area (Å²) in [6, 6.07) is 0. The summed E-state index contributed by atoms with van der Waals surface area (Å²) in [7, 11) is 0. The highest BCUT2D eigenvalue weighted by Crippen LogP contribution is 2.17. The van der Waals surface area contributed by atoms with Gasteiger partial charge in [0.15, 0.2) is 6.10 Å². The van der Waals surface area contributed by atoms with Crippen LogP contribution < -0.4 is 0 Å². The Morgan fingerprint density at radius 3 is 0.739 bits per heavy atom. The van der Waals surface area contributed by atoms with Crippen molar-refractivity contribution in [1.29, 1.82) is 0 Å². The van der Waals surface area contributed by atoms with E-state index >= 15 is 0 Å². The number of carbonyl (C=O) groups is 2. The van der Waals surface area contributed by atoms with Crippen LogP contribution in [-0.2, 0) is 19.1 Å². The molecule has 1 unspecified atom stereocenters. The van der Waals surface area contributed by atoms with Crippen molar-refractivity contribution in [2.24, 2.45) is 0 Å². The third kappa shape index (κ3) is 74.0. The van der Waals surface area contributed by atoms with Crippen molar-refractivity contribution in [3.05, 3.63) is 158 Å². The molecule has 0 bridgehead atoms. The smallest absolute Gasteiger partial charge is 0.306 e. The van der Waals surface area contributed by atoms with Gasteiger partial charge in [0.25, 0.3) is 0 Å². The zero-order valence-corrected chi connectivity index (χ0v) is 57.4. The van der Waals surface area contributed by atoms with Gasteiger partial charge in [0.1, 0.15) is 6.61 Å². The first kappa shape index (κ1) is 83.5. The fourth-order valence-electron chi connectivity index (χ4n) is 10.3. The first-order valence-electron chi connectivity index (χ1n) is 37.0. The van der Waals surface area contributed by atoms with E-state index in [-0.39, 0.29) is 25.2 Å². The van der Waals surface area contributed by atoms with Gasteiger partial charge in [0.05, 0.1) is 6.61 Å². The minimum Gasteiger partial charge on any atom is -0.462 e. The average Bonchev–Trinajstić information content (AvgIpc) is 3.54. The fourth-order valence-corrected chi connectivity index (χ4v) is 10.3. The number of unbranched alkanes of at least 4 members (excludes halogenated alkanes) is 33. The second-order valence-corrected chi connectivity index (χ2v) is 24.3. The Morgan fingerprint density at radius 2 is 0.489 bits per heavy atom. The van der Waals surface area contributed by atoms with Crippen LogP contribution in [-0.4, -0.2) is 36.4 Å². The molecule has 0 saturated carbocycles. The number of rotatable bonds is 67. The molecule has 0 aliphatic carbocycles. The number of hydrogen-bond acceptors (Lipinski definition) is 5. The molecule has 0 spiro atoms. The number of carbonyl (C=O) groups excluding carboxylic acids is 2. The summed E-state index contributed by atoms with van der Waals surface area (Å²) >= 11 is 0. The Labute approximate surface area is 545 Å². The largest absolute Gasteiger partial charge is 0.462 e. The van der Waals surface area contributed by atoms with Gasteiger partial charge in [0, 0.05) is 12.8 Å². The molecule has 88 heavy (non-hydrogen) atoms. The first-order chi connectivity index (χ1) is 43.6. The van der Waals surface area contributed by atoms with Crippen LogP contribution in [0.2, 0.25) is 0 Å². The maximum atomic E-state index is 12.4. The highest BCUT2D eigenvalue weighted by atomic mass is 16.6. The van der Waals surface area contributed by atoms with Crippen LogP contribution in [0.3, 0.4) is 0 Å². The van der Waals surface area contributed by atoms with E-state index in [2.05, 4.69) is 172 Å². The van der Waals surface area contributed by atoms with Crippen molar-refractivity contribution in [3.63, 3.8) is 0 Å². The molecule has 0 rings (SSSR count). The quantitative estimate of drug-likeness (QED) is 0.0373. The van der Waals surface area contributed by atoms with E-state index in [1.54, 1.807) is 0 Å². The van der Waals surface area contributed by atoms with E-state index in [0.717, 1.165) is 128 Å². The van der Waals surface area contributed by atoms with Crippen LogP contribution in [0.4, 0.5) is 0 Å². The molecule has 5 heteroatoms. The normalized spacial score (nSPS) is 13.2. The number of ether oxygens (including phenoxy) is 2. The molecular formula is C83H138O5. The molecule has 0 saturated heterocycles. The van der Waals surface area contributed by atoms with Crippen molar-refractivity contribution in [2.45, 2.75) is 341 Å². The lowest BCUT2D eigenvalue weighted by Gasteiger charge is -2.15. The minimum absolute atomic E-state index is 0.0826. The Balaban J connectivity index is 3.53. The highest BCUT2D eigenvalue weighted by molar-refractivity contribution is 5.70. The van der Waals surface area contributed by atoms with E-state index in [0.29, 0.717) is 12.8 Å². The Kier molecular flexibility index (Phi) is 72.9. The van der Waals surface area contributed by atoms with Gasteiger partial charge in [-0.15, -0.1) is 0 Å². The van der Waals surface area contributed by atoms with Crippen LogP contribution in [0.1, 0.15) is 335 Å². The second kappa shape index (κ2) is 76.8. The number of esters is 2. The van der Waals surface area contributed by atoms with E-state index in [9.17, 15) is 14.7 Å². The molecule has 0 aliphatic rings. The van der Waals surface area contributed by atoms with Gasteiger partial charge in [-0.3, -0.25) is 9.59 Å². The van der Waals surface area contributed by atoms with Gasteiger partial charge < -0.3 is 14.6 Å². The molecule has 0 radical (unpaired) electrons. The van der Waals surface area contributed by atoms with E-state index in [4.69, 9.17) is 9.47 Å². The predicted octanol–water partition coefficient (Wildman–Crippen LogP) is 26.2. The molecule has 1 N–H and O–H groups in total. The van der Waals surface area contributed by atoms with Crippen molar-refractivity contribution >= 4 is 11.9 Å². The third-order valence-electron chi connectivity index (χ3n) is 15.8. The summed E-state index contributed by atoms with van der Waals surface area (Å²) in [4.78, 5) is 24.7. The lowest BCUT2D eigenvalue weighted by molar-refractivity contribution is -0.161. The summed E-state index contributed by atoms with van der Waals surface area (Å²) in [6.07, 6.45) is 117. The molecule has 0 heterocycles. The van der Waals surface area contributed by atoms with Gasteiger partial charge in [-0.05, 0) is 128 Å². The van der Waals surface area contributed by atoms with Crippen molar-refractivity contribution in [2.75, 3.05) is 13.2 Å². The van der Waals surface area contributed by atoms with Gasteiger partial charge in [-0.25, -0.2) is 0 Å². The molecule has 5 nitrogen and oxygen atoms in total. The molecule has 0 aromatic heterocycles. The van der Waals surface area contributed by atoms with E-state index in [1.807, 2.05) is 0 Å². The van der Waals surface area contributed by atoms with Crippen LogP contribution >= 0.6 is 0 Å². The fraction of sp³-hybridized carbons (Fsp3) is 0.663. The zero-order chi connectivity index (χ0) is 63.3. The Morgan fingerprint density at radius 1 is 0.273 bits per heavy atom. The third-order valence-corrected chi connectivity index (χ3v) is 15.8. The summed E-state index contributed by atoms with van der Waals surface area (Å²) in [5.41, 5.74) is 0. The molecule has 0 aromatic carbocycles. The van der Waals surface area contributed by atoms with Crippen LogP contribution in [0, 0.1) is 0 Å². The Bertz CT molecular complexity index is 1860. The molecule has 0 aromatic rings. The maximum Gasteiger partial charge on any atom is 0.306 e. The number of aliphatic hydroxyl groups is 1. The van der Waals surface area contributed by atoms with Crippen LogP contribution in [0.25, 0.3) is 0 Å². The summed E-state index contributed by atoms with van der Waals surface area (Å²) in [5.74, 6) is -0.618. The molecule has 0 aliphatic heterocycles.